The molecule has 0 aromatic carbocycles. The van der Waals surface area contributed by atoms with Crippen LogP contribution in [0.4, 0.5) is 5.69 Å². The van der Waals surface area contributed by atoms with Gasteiger partial charge in [-0.25, -0.2) is 0 Å². The van der Waals surface area contributed by atoms with E-state index in [1.165, 1.54) is 0 Å². The predicted molar refractivity (Wildman–Crippen MR) is 58.8 cm³/mol. The number of nitrogens with one attached hydrogen (secondary N) is 1. The second-order valence-electron chi connectivity index (χ2n) is 3.38. The topological polar surface area (TPSA) is 34.1 Å². The van der Waals surface area contributed by atoms with E-state index in [2.05, 4.69) is 24.1 Å². The molecule has 0 amide bonds. The number of ether oxygens (including phenoxy) is 1. The minimum absolute atomic E-state index is 0.258. The average molecular weight is 194 g/mol. The molecule has 1 aromatic rings. The number of pyridine rings is 1. The molecule has 1 unspecified atom stereocenters. The first-order chi connectivity index (χ1) is 6.76. The van der Waals surface area contributed by atoms with Crippen molar-refractivity contribution in [2.24, 2.45) is 0 Å². The lowest BCUT2D eigenvalue weighted by Gasteiger charge is -2.13. The SMILES string of the molecule is CCCC(C)Oc1cncc(NC)c1. The molecule has 14 heavy (non-hydrogen) atoms. The summed E-state index contributed by atoms with van der Waals surface area (Å²) in [5, 5.41) is 3.03. The van der Waals surface area contributed by atoms with Gasteiger partial charge in [0.1, 0.15) is 5.75 Å². The summed E-state index contributed by atoms with van der Waals surface area (Å²) in [5.74, 6) is 0.831. The molecule has 0 bridgehead atoms. The predicted octanol–water partition coefficient (Wildman–Crippen LogP) is 2.69. The van der Waals surface area contributed by atoms with E-state index in [1.807, 2.05) is 13.1 Å². The van der Waals surface area contributed by atoms with E-state index in [-0.39, 0.29) is 6.10 Å². The third kappa shape index (κ3) is 3.24. The van der Waals surface area contributed by atoms with E-state index < -0.39 is 0 Å². The molecule has 78 valence electrons. The molecule has 3 nitrogen and oxygen atoms in total. The Labute approximate surface area is 85.5 Å². The monoisotopic (exact) mass is 194 g/mol. The standard InChI is InChI=1S/C11H18N2O/c1-4-5-9(2)14-11-6-10(12-3)7-13-8-11/h6-9,12H,4-5H2,1-3H3. The summed E-state index contributed by atoms with van der Waals surface area (Å²) in [4.78, 5) is 4.08. The molecule has 0 spiro atoms. The van der Waals surface area contributed by atoms with Crippen LogP contribution >= 0.6 is 0 Å². The third-order valence-electron chi connectivity index (χ3n) is 2.03. The fourth-order valence-corrected chi connectivity index (χ4v) is 1.32. The summed E-state index contributed by atoms with van der Waals surface area (Å²) in [7, 11) is 1.87. The highest BCUT2D eigenvalue weighted by atomic mass is 16.5. The maximum Gasteiger partial charge on any atom is 0.140 e. The first kappa shape index (κ1) is 10.8. The summed E-state index contributed by atoms with van der Waals surface area (Å²) in [6.45, 7) is 4.23. The molecule has 0 aliphatic carbocycles. The summed E-state index contributed by atoms with van der Waals surface area (Å²) in [6.07, 6.45) is 5.99. The number of hydrogen-bond acceptors (Lipinski definition) is 3. The van der Waals surface area contributed by atoms with Crippen molar-refractivity contribution in [1.82, 2.24) is 4.98 Å². The number of aromatic nitrogens is 1. The van der Waals surface area contributed by atoms with Crippen LogP contribution in [0.5, 0.6) is 5.75 Å². The van der Waals surface area contributed by atoms with Gasteiger partial charge in [-0.1, -0.05) is 13.3 Å². The van der Waals surface area contributed by atoms with Crippen molar-refractivity contribution in [3.63, 3.8) is 0 Å². The molecular weight excluding hydrogens is 176 g/mol. The van der Waals surface area contributed by atoms with Gasteiger partial charge >= 0.3 is 0 Å². The van der Waals surface area contributed by atoms with Gasteiger partial charge in [-0.2, -0.15) is 0 Å². The Morgan fingerprint density at radius 2 is 2.29 bits per heavy atom. The molecule has 0 aliphatic heterocycles. The second-order valence-corrected chi connectivity index (χ2v) is 3.38. The number of nitrogens with zero attached hydrogens (tertiary/aromatic N) is 1. The Balaban J connectivity index is 2.57. The van der Waals surface area contributed by atoms with Crippen LogP contribution in [0.2, 0.25) is 0 Å². The Kier molecular flexibility index (Phi) is 4.23. The fraction of sp³-hybridized carbons (Fsp3) is 0.545. The molecule has 0 radical (unpaired) electrons. The number of rotatable bonds is 5. The number of anilines is 1. The van der Waals surface area contributed by atoms with Crippen LogP contribution in [0, 0.1) is 0 Å². The van der Waals surface area contributed by atoms with Crippen molar-refractivity contribution in [3.05, 3.63) is 18.5 Å². The van der Waals surface area contributed by atoms with Crippen molar-refractivity contribution >= 4 is 5.69 Å². The summed E-state index contributed by atoms with van der Waals surface area (Å²) >= 11 is 0. The second kappa shape index (κ2) is 5.47. The van der Waals surface area contributed by atoms with E-state index in [4.69, 9.17) is 4.74 Å². The first-order valence-corrected chi connectivity index (χ1v) is 5.05. The van der Waals surface area contributed by atoms with E-state index in [9.17, 15) is 0 Å². The highest BCUT2D eigenvalue weighted by Gasteiger charge is 2.03. The van der Waals surface area contributed by atoms with Gasteiger partial charge < -0.3 is 10.1 Å². The molecular formula is C11H18N2O. The molecule has 3 heteroatoms. The van der Waals surface area contributed by atoms with Crippen LogP contribution in [0.1, 0.15) is 26.7 Å². The Bertz CT molecular complexity index is 276. The maximum absolute atomic E-state index is 5.69. The van der Waals surface area contributed by atoms with E-state index in [0.29, 0.717) is 0 Å². The molecule has 1 N–H and O–H groups in total. The van der Waals surface area contributed by atoms with Gasteiger partial charge in [0.25, 0.3) is 0 Å². The summed E-state index contributed by atoms with van der Waals surface area (Å²) in [6, 6.07) is 1.96. The zero-order valence-electron chi connectivity index (χ0n) is 9.08. The lowest BCUT2D eigenvalue weighted by Crippen LogP contribution is -2.11. The van der Waals surface area contributed by atoms with Crippen LogP contribution in [-0.4, -0.2) is 18.1 Å². The van der Waals surface area contributed by atoms with E-state index in [1.54, 1.807) is 12.4 Å². The van der Waals surface area contributed by atoms with Gasteiger partial charge in [0, 0.05) is 13.1 Å². The molecule has 0 saturated heterocycles. The van der Waals surface area contributed by atoms with Crippen molar-refractivity contribution in [2.75, 3.05) is 12.4 Å². The van der Waals surface area contributed by atoms with Gasteiger partial charge in [-0.3, -0.25) is 4.98 Å². The molecule has 1 aromatic heterocycles. The smallest absolute Gasteiger partial charge is 0.140 e. The summed E-state index contributed by atoms with van der Waals surface area (Å²) < 4.78 is 5.69. The average Bonchev–Trinajstić information content (AvgIpc) is 2.18. The normalized spacial score (nSPS) is 12.2. The molecule has 1 heterocycles. The van der Waals surface area contributed by atoms with Crippen molar-refractivity contribution in [2.45, 2.75) is 32.8 Å². The van der Waals surface area contributed by atoms with Gasteiger partial charge in [0.05, 0.1) is 24.2 Å². The quantitative estimate of drug-likeness (QED) is 0.782. The lowest BCUT2D eigenvalue weighted by molar-refractivity contribution is 0.209. The van der Waals surface area contributed by atoms with Gasteiger partial charge in [-0.15, -0.1) is 0 Å². The first-order valence-electron chi connectivity index (χ1n) is 5.05. The minimum atomic E-state index is 0.258. The van der Waals surface area contributed by atoms with Gasteiger partial charge in [0.2, 0.25) is 0 Å². The Hall–Kier alpha value is -1.25. The molecule has 1 rings (SSSR count). The molecule has 0 fully saturated rings. The van der Waals surface area contributed by atoms with E-state index in [0.717, 1.165) is 24.3 Å². The van der Waals surface area contributed by atoms with Crippen LogP contribution in [0.3, 0.4) is 0 Å². The third-order valence-corrected chi connectivity index (χ3v) is 2.03. The van der Waals surface area contributed by atoms with Crippen LogP contribution in [0.15, 0.2) is 18.5 Å². The largest absolute Gasteiger partial charge is 0.489 e. The minimum Gasteiger partial charge on any atom is -0.489 e. The van der Waals surface area contributed by atoms with Crippen molar-refractivity contribution < 1.29 is 4.74 Å². The Morgan fingerprint density at radius 3 is 2.93 bits per heavy atom. The highest BCUT2D eigenvalue weighted by molar-refractivity contribution is 5.44. The van der Waals surface area contributed by atoms with Crippen LogP contribution < -0.4 is 10.1 Å². The van der Waals surface area contributed by atoms with Gasteiger partial charge in [0.15, 0.2) is 0 Å². The van der Waals surface area contributed by atoms with E-state index >= 15 is 0 Å². The molecule has 0 saturated carbocycles. The zero-order chi connectivity index (χ0) is 10.4. The fourth-order valence-electron chi connectivity index (χ4n) is 1.32. The van der Waals surface area contributed by atoms with Gasteiger partial charge in [-0.05, 0) is 13.3 Å². The van der Waals surface area contributed by atoms with Crippen LogP contribution in [0.25, 0.3) is 0 Å². The van der Waals surface area contributed by atoms with Crippen molar-refractivity contribution in [3.8, 4) is 5.75 Å². The lowest BCUT2D eigenvalue weighted by atomic mass is 10.2. The number of hydrogen-bond donors (Lipinski definition) is 1. The van der Waals surface area contributed by atoms with Crippen LogP contribution in [-0.2, 0) is 0 Å². The molecule has 1 atom stereocenters. The molecule has 0 aliphatic rings. The highest BCUT2D eigenvalue weighted by Crippen LogP contribution is 2.17. The maximum atomic E-state index is 5.69. The zero-order valence-corrected chi connectivity index (χ0v) is 9.08. The van der Waals surface area contributed by atoms with Crippen molar-refractivity contribution in [1.29, 1.82) is 0 Å². The summed E-state index contributed by atoms with van der Waals surface area (Å²) in [5.41, 5.74) is 0.978. The Morgan fingerprint density at radius 1 is 1.50 bits per heavy atom.